The predicted octanol–water partition coefficient (Wildman–Crippen LogP) is 3.13. The summed E-state index contributed by atoms with van der Waals surface area (Å²) in [5, 5.41) is 4.18. The van der Waals surface area contributed by atoms with Crippen LogP contribution in [0.4, 0.5) is 8.78 Å². The Kier molecular flexibility index (Phi) is 4.69. The molecule has 1 amide bonds. The Morgan fingerprint density at radius 2 is 2.07 bits per heavy atom. The van der Waals surface area contributed by atoms with E-state index in [1.807, 2.05) is 22.6 Å². The fourth-order valence-electron chi connectivity index (χ4n) is 3.26. The van der Waals surface area contributed by atoms with Crippen LogP contribution in [-0.4, -0.2) is 43.7 Å². The number of amides is 1. The van der Waals surface area contributed by atoms with E-state index in [4.69, 9.17) is 11.6 Å². The third kappa shape index (κ3) is 3.30. The van der Waals surface area contributed by atoms with Crippen LogP contribution in [0.2, 0.25) is 5.02 Å². The molecule has 0 N–H and O–H groups in total. The zero-order chi connectivity index (χ0) is 20.2. The van der Waals surface area contributed by atoms with Gasteiger partial charge in [0.25, 0.3) is 5.56 Å². The van der Waals surface area contributed by atoms with Gasteiger partial charge in [0, 0.05) is 5.56 Å². The van der Waals surface area contributed by atoms with E-state index in [2.05, 4.69) is 5.10 Å². The van der Waals surface area contributed by atoms with Crippen LogP contribution in [0.25, 0.3) is 16.6 Å². The highest BCUT2D eigenvalue weighted by atomic mass is 127. The van der Waals surface area contributed by atoms with Crippen molar-refractivity contribution in [3.05, 3.63) is 55.5 Å². The van der Waals surface area contributed by atoms with Gasteiger partial charge in [-0.1, -0.05) is 17.7 Å². The molecular formula is C18H14ClF2IN4O2. The molecule has 0 unspecified atom stereocenters. The van der Waals surface area contributed by atoms with Crippen LogP contribution in [0.5, 0.6) is 0 Å². The third-order valence-corrected chi connectivity index (χ3v) is 5.69. The predicted molar refractivity (Wildman–Crippen MR) is 109 cm³/mol. The van der Waals surface area contributed by atoms with Gasteiger partial charge < -0.3 is 4.90 Å². The van der Waals surface area contributed by atoms with Crippen molar-refractivity contribution in [3.63, 3.8) is 0 Å². The standard InChI is InChI=1S/C18H14ClF2IN4O2/c1-18(21)7-25(8-18)15(27)6-24-9-23-26-14(22)5-11(16(26)17(24)28)10-2-3-13(20)12(19)4-10/h2-5,9H,6-8H2,1H3. The van der Waals surface area contributed by atoms with Crippen molar-refractivity contribution < 1.29 is 13.6 Å². The number of nitrogens with zero attached hydrogens (tertiary/aromatic N) is 4. The number of alkyl halides is 1. The number of hydrogen-bond acceptors (Lipinski definition) is 3. The Hall–Kier alpha value is -2.01. The summed E-state index contributed by atoms with van der Waals surface area (Å²) in [6.07, 6.45) is 1.28. The zero-order valence-corrected chi connectivity index (χ0v) is 17.5. The van der Waals surface area contributed by atoms with Gasteiger partial charge in [-0.25, -0.2) is 13.3 Å². The molecule has 1 aliphatic heterocycles. The largest absolute Gasteiger partial charge is 0.335 e. The fourth-order valence-corrected chi connectivity index (χ4v) is 4.12. The molecule has 4 rings (SSSR count). The maximum Gasteiger partial charge on any atom is 0.278 e. The van der Waals surface area contributed by atoms with Crippen LogP contribution in [-0.2, 0) is 11.3 Å². The molecule has 2 aromatic heterocycles. The van der Waals surface area contributed by atoms with E-state index in [9.17, 15) is 18.4 Å². The second-order valence-corrected chi connectivity index (χ2v) is 8.51. The molecule has 146 valence electrons. The lowest BCUT2D eigenvalue weighted by molar-refractivity contribution is -0.144. The first-order valence-corrected chi connectivity index (χ1v) is 9.81. The molecule has 0 bridgehead atoms. The fraction of sp³-hybridized carbons (Fsp3) is 0.278. The summed E-state index contributed by atoms with van der Waals surface area (Å²) >= 11 is 7.91. The molecule has 1 saturated heterocycles. The molecule has 28 heavy (non-hydrogen) atoms. The van der Waals surface area contributed by atoms with Crippen LogP contribution in [0.3, 0.4) is 0 Å². The van der Waals surface area contributed by atoms with Crippen molar-refractivity contribution in [1.82, 2.24) is 19.1 Å². The number of hydrogen-bond donors (Lipinski definition) is 0. The highest BCUT2D eigenvalue weighted by molar-refractivity contribution is 14.1. The highest BCUT2D eigenvalue weighted by Gasteiger charge is 2.41. The summed E-state index contributed by atoms with van der Waals surface area (Å²) in [5.74, 6) is -0.907. The van der Waals surface area contributed by atoms with Gasteiger partial charge in [-0.3, -0.25) is 14.2 Å². The summed E-state index contributed by atoms with van der Waals surface area (Å²) in [7, 11) is 0. The number of likely N-dealkylation sites (tertiary alicyclic amines) is 1. The van der Waals surface area contributed by atoms with Gasteiger partial charge in [0.2, 0.25) is 5.91 Å². The number of rotatable bonds is 3. The van der Waals surface area contributed by atoms with E-state index in [1.54, 1.807) is 6.07 Å². The second-order valence-electron chi connectivity index (χ2n) is 7.00. The van der Waals surface area contributed by atoms with Crippen molar-refractivity contribution in [2.45, 2.75) is 19.1 Å². The molecule has 0 aliphatic carbocycles. The van der Waals surface area contributed by atoms with Crippen molar-refractivity contribution in [2.75, 3.05) is 13.1 Å². The quantitative estimate of drug-likeness (QED) is 0.501. The second kappa shape index (κ2) is 6.80. The lowest BCUT2D eigenvalue weighted by atomic mass is 9.99. The lowest BCUT2D eigenvalue weighted by Gasteiger charge is -2.42. The van der Waals surface area contributed by atoms with E-state index in [0.717, 1.165) is 0 Å². The molecule has 1 aromatic carbocycles. The molecule has 10 heteroatoms. The number of halogens is 4. The maximum atomic E-state index is 13.6. The minimum atomic E-state index is -1.38. The average Bonchev–Trinajstić information content (AvgIpc) is 2.95. The van der Waals surface area contributed by atoms with E-state index in [1.165, 1.54) is 45.4 Å². The first-order valence-electron chi connectivity index (χ1n) is 8.35. The average molecular weight is 519 g/mol. The third-order valence-electron chi connectivity index (χ3n) is 4.63. The molecule has 0 spiro atoms. The van der Waals surface area contributed by atoms with E-state index in [-0.39, 0.29) is 36.1 Å². The van der Waals surface area contributed by atoms with Gasteiger partial charge in [0.15, 0.2) is 0 Å². The molecule has 3 heterocycles. The summed E-state index contributed by atoms with van der Waals surface area (Å²) in [6.45, 7) is 1.22. The lowest BCUT2D eigenvalue weighted by Crippen LogP contribution is -2.60. The number of benzene rings is 1. The zero-order valence-electron chi connectivity index (χ0n) is 14.6. The number of aromatic nitrogens is 3. The molecule has 0 radical (unpaired) electrons. The molecule has 0 atom stereocenters. The number of carbonyl (C=O) groups is 1. The Morgan fingerprint density at radius 1 is 1.36 bits per heavy atom. The Balaban J connectivity index is 1.75. The van der Waals surface area contributed by atoms with Crippen LogP contribution in [0.15, 0.2) is 35.4 Å². The molecule has 1 fully saturated rings. The normalized spacial score (nSPS) is 15.7. The number of fused-ring (bicyclic) bond motifs is 1. The topological polar surface area (TPSA) is 59.6 Å². The summed E-state index contributed by atoms with van der Waals surface area (Å²) in [4.78, 5) is 26.7. The number of carbonyl (C=O) groups excluding carboxylic acids is 1. The molecule has 6 nitrogen and oxygen atoms in total. The van der Waals surface area contributed by atoms with Crippen molar-refractivity contribution in [3.8, 4) is 11.1 Å². The van der Waals surface area contributed by atoms with Crippen LogP contribution in [0.1, 0.15) is 6.92 Å². The van der Waals surface area contributed by atoms with Crippen LogP contribution in [0, 0.1) is 9.52 Å². The summed E-state index contributed by atoms with van der Waals surface area (Å²) in [6, 6.07) is 5.93. The van der Waals surface area contributed by atoms with Gasteiger partial charge in [0.1, 0.15) is 33.6 Å². The van der Waals surface area contributed by atoms with Gasteiger partial charge in [-0.05, 0) is 53.3 Å². The van der Waals surface area contributed by atoms with E-state index < -0.39 is 17.0 Å². The van der Waals surface area contributed by atoms with Gasteiger partial charge >= 0.3 is 0 Å². The smallest absolute Gasteiger partial charge is 0.278 e. The van der Waals surface area contributed by atoms with Crippen molar-refractivity contribution in [1.29, 1.82) is 0 Å². The van der Waals surface area contributed by atoms with Gasteiger partial charge in [-0.15, -0.1) is 0 Å². The first-order chi connectivity index (χ1) is 13.2. The van der Waals surface area contributed by atoms with Crippen LogP contribution < -0.4 is 5.56 Å². The summed E-state index contributed by atoms with van der Waals surface area (Å²) < 4.78 is 30.5. The minimum absolute atomic E-state index is 0.0125. The SMILES string of the molecule is CC1(F)CN(C(=O)Cn2cnn3c(I)cc(-c4ccc(F)c(Cl)c4)c3c2=O)C1. The summed E-state index contributed by atoms with van der Waals surface area (Å²) in [5.41, 5.74) is -0.460. The Labute approximate surface area is 176 Å². The first kappa shape index (κ1) is 19.3. The van der Waals surface area contributed by atoms with Crippen molar-refractivity contribution >= 4 is 45.6 Å². The van der Waals surface area contributed by atoms with E-state index in [0.29, 0.717) is 14.8 Å². The molecule has 0 saturated carbocycles. The van der Waals surface area contributed by atoms with Crippen molar-refractivity contribution in [2.24, 2.45) is 0 Å². The highest BCUT2D eigenvalue weighted by Crippen LogP contribution is 2.29. The maximum absolute atomic E-state index is 13.6. The molecule has 3 aromatic rings. The van der Waals surface area contributed by atoms with Gasteiger partial charge in [-0.2, -0.15) is 5.10 Å². The molecular weight excluding hydrogens is 505 g/mol. The minimum Gasteiger partial charge on any atom is -0.335 e. The molecule has 1 aliphatic rings. The Bertz CT molecular complexity index is 1170. The monoisotopic (exact) mass is 518 g/mol. The van der Waals surface area contributed by atoms with E-state index >= 15 is 0 Å². The van der Waals surface area contributed by atoms with Gasteiger partial charge in [0.05, 0.1) is 18.1 Å². The Morgan fingerprint density at radius 3 is 2.71 bits per heavy atom. The van der Waals surface area contributed by atoms with Crippen LogP contribution >= 0.6 is 34.2 Å².